The molecule has 0 aliphatic rings. The fraction of sp³-hybridized carbons (Fsp3) is 0. The number of hydrogen-bond acceptors (Lipinski definition) is 2. The molecule has 0 saturated carbocycles. The van der Waals surface area contributed by atoms with Crippen LogP contribution in [-0.2, 0) is 0 Å². The number of benzene rings is 3. The van der Waals surface area contributed by atoms with Crippen LogP contribution in [0.25, 0.3) is 32.8 Å². The molecule has 4 aromatic rings. The van der Waals surface area contributed by atoms with Crippen LogP contribution < -0.4 is 0 Å². The maximum absolute atomic E-state index is 11.2. The van der Waals surface area contributed by atoms with Crippen molar-refractivity contribution in [3.63, 3.8) is 0 Å². The second-order valence-electron chi connectivity index (χ2n) is 5.19. The van der Waals surface area contributed by atoms with Gasteiger partial charge in [-0.05, 0) is 34.7 Å². The van der Waals surface area contributed by atoms with Crippen LogP contribution >= 0.6 is 0 Å². The summed E-state index contributed by atoms with van der Waals surface area (Å²) in [6.07, 6.45) is 1.81. The molecule has 4 rings (SSSR count). The maximum atomic E-state index is 11.2. The van der Waals surface area contributed by atoms with E-state index in [1.807, 2.05) is 48.7 Å². The van der Waals surface area contributed by atoms with Gasteiger partial charge in [0.2, 0.25) is 0 Å². The van der Waals surface area contributed by atoms with Crippen LogP contribution in [0.1, 0.15) is 10.4 Å². The molecule has 0 aliphatic carbocycles. The summed E-state index contributed by atoms with van der Waals surface area (Å²) in [5.74, 6) is -0.923. The molecular formula is C18H12N2O2. The first-order valence-electron chi connectivity index (χ1n) is 6.92. The van der Waals surface area contributed by atoms with Gasteiger partial charge in [0.1, 0.15) is 0 Å². The Balaban J connectivity index is 2.10. The van der Waals surface area contributed by atoms with Crippen LogP contribution in [-0.4, -0.2) is 21.3 Å². The summed E-state index contributed by atoms with van der Waals surface area (Å²) in [5.41, 5.74) is 3.33. The molecule has 0 spiro atoms. The number of aromatic carboxylic acids is 1. The molecule has 0 saturated heterocycles. The molecule has 0 unspecified atom stereocenters. The minimum Gasteiger partial charge on any atom is -0.478 e. The second kappa shape index (κ2) is 4.70. The Morgan fingerprint density at radius 3 is 2.59 bits per heavy atom. The minimum atomic E-state index is -0.923. The number of carbonyl (C=O) groups is 1. The third kappa shape index (κ3) is 1.85. The summed E-state index contributed by atoms with van der Waals surface area (Å²) in [6, 6.07) is 17.2. The molecule has 0 radical (unpaired) electrons. The standard InChI is InChI=1S/C18H12N2O2/c21-18(22)12-6-7-14-13(8-12)9-15(11-4-2-1-3-5-11)16-10-19-20-17(14)16/h1-10H,(H,19,20)(H,21,22). The minimum absolute atomic E-state index is 0.283. The molecule has 4 heteroatoms. The van der Waals surface area contributed by atoms with E-state index in [1.165, 1.54) is 0 Å². The van der Waals surface area contributed by atoms with Crippen LogP contribution in [0.4, 0.5) is 0 Å². The number of aromatic nitrogens is 2. The van der Waals surface area contributed by atoms with Crippen LogP contribution in [0.2, 0.25) is 0 Å². The van der Waals surface area contributed by atoms with Crippen LogP contribution in [0.5, 0.6) is 0 Å². The Hall–Kier alpha value is -3.14. The van der Waals surface area contributed by atoms with Crippen molar-refractivity contribution in [1.82, 2.24) is 10.2 Å². The number of fused-ring (bicyclic) bond motifs is 3. The largest absolute Gasteiger partial charge is 0.478 e. The van der Waals surface area contributed by atoms with E-state index in [-0.39, 0.29) is 5.56 Å². The average Bonchev–Trinajstić information content (AvgIpc) is 3.04. The number of carboxylic acid groups (broad SMARTS) is 1. The fourth-order valence-electron chi connectivity index (χ4n) is 2.83. The van der Waals surface area contributed by atoms with Crippen molar-refractivity contribution in [1.29, 1.82) is 0 Å². The summed E-state index contributed by atoms with van der Waals surface area (Å²) < 4.78 is 0. The molecule has 4 nitrogen and oxygen atoms in total. The van der Waals surface area contributed by atoms with Gasteiger partial charge in [0.15, 0.2) is 0 Å². The van der Waals surface area contributed by atoms with Crippen LogP contribution in [0.3, 0.4) is 0 Å². The van der Waals surface area contributed by atoms with Crippen molar-refractivity contribution in [2.45, 2.75) is 0 Å². The summed E-state index contributed by atoms with van der Waals surface area (Å²) in [7, 11) is 0. The monoisotopic (exact) mass is 288 g/mol. The molecule has 2 N–H and O–H groups in total. The molecule has 0 atom stereocenters. The summed E-state index contributed by atoms with van der Waals surface area (Å²) >= 11 is 0. The highest BCUT2D eigenvalue weighted by molar-refractivity contribution is 6.12. The van der Waals surface area contributed by atoms with E-state index in [0.717, 1.165) is 32.8 Å². The highest BCUT2D eigenvalue weighted by Crippen LogP contribution is 2.34. The van der Waals surface area contributed by atoms with Crippen molar-refractivity contribution in [2.75, 3.05) is 0 Å². The predicted molar refractivity (Wildman–Crippen MR) is 86.0 cm³/mol. The fourth-order valence-corrected chi connectivity index (χ4v) is 2.83. The number of H-pyrrole nitrogens is 1. The number of rotatable bonds is 2. The topological polar surface area (TPSA) is 66.0 Å². The molecule has 1 heterocycles. The van der Waals surface area contributed by atoms with Gasteiger partial charge in [-0.25, -0.2) is 4.79 Å². The van der Waals surface area contributed by atoms with Crippen LogP contribution in [0.15, 0.2) is 60.8 Å². The number of carboxylic acids is 1. The summed E-state index contributed by atoms with van der Waals surface area (Å²) in [6.45, 7) is 0. The summed E-state index contributed by atoms with van der Waals surface area (Å²) in [4.78, 5) is 11.2. The van der Waals surface area contributed by atoms with E-state index < -0.39 is 5.97 Å². The lowest BCUT2D eigenvalue weighted by molar-refractivity contribution is 0.0697. The van der Waals surface area contributed by atoms with E-state index >= 15 is 0 Å². The first kappa shape index (κ1) is 12.6. The van der Waals surface area contributed by atoms with Gasteiger partial charge in [-0.1, -0.05) is 36.4 Å². The Labute approximate surface area is 126 Å². The van der Waals surface area contributed by atoms with Crippen molar-refractivity contribution in [3.8, 4) is 11.1 Å². The van der Waals surface area contributed by atoms with E-state index in [9.17, 15) is 9.90 Å². The maximum Gasteiger partial charge on any atom is 0.335 e. The van der Waals surface area contributed by atoms with Gasteiger partial charge in [-0.3, -0.25) is 5.10 Å². The lowest BCUT2D eigenvalue weighted by Crippen LogP contribution is -1.95. The van der Waals surface area contributed by atoms with Gasteiger partial charge in [-0.15, -0.1) is 0 Å². The number of aromatic amines is 1. The zero-order chi connectivity index (χ0) is 15.1. The first-order valence-corrected chi connectivity index (χ1v) is 6.92. The van der Waals surface area contributed by atoms with Crippen molar-refractivity contribution >= 4 is 27.6 Å². The Morgan fingerprint density at radius 2 is 1.82 bits per heavy atom. The van der Waals surface area contributed by atoms with Gasteiger partial charge >= 0.3 is 5.97 Å². The number of nitrogens with one attached hydrogen (secondary N) is 1. The zero-order valence-corrected chi connectivity index (χ0v) is 11.6. The highest BCUT2D eigenvalue weighted by atomic mass is 16.4. The van der Waals surface area contributed by atoms with Gasteiger partial charge in [0.25, 0.3) is 0 Å². The Morgan fingerprint density at radius 1 is 1.00 bits per heavy atom. The van der Waals surface area contributed by atoms with Gasteiger partial charge in [0.05, 0.1) is 17.3 Å². The molecule has 0 amide bonds. The molecule has 0 fully saturated rings. The number of nitrogens with zero attached hydrogens (tertiary/aromatic N) is 1. The molecule has 0 bridgehead atoms. The Bertz CT molecular complexity index is 1000. The van der Waals surface area contributed by atoms with Crippen molar-refractivity contribution < 1.29 is 9.90 Å². The molecule has 0 aliphatic heterocycles. The van der Waals surface area contributed by atoms with Crippen molar-refractivity contribution in [2.24, 2.45) is 0 Å². The van der Waals surface area contributed by atoms with E-state index in [1.54, 1.807) is 12.1 Å². The SMILES string of the molecule is O=C(O)c1ccc2c(c1)cc(-c1ccccc1)c1cn[nH]c12. The van der Waals surface area contributed by atoms with E-state index in [0.29, 0.717) is 0 Å². The third-order valence-electron chi connectivity index (χ3n) is 3.88. The second-order valence-corrected chi connectivity index (χ2v) is 5.19. The van der Waals surface area contributed by atoms with E-state index in [2.05, 4.69) is 10.2 Å². The third-order valence-corrected chi connectivity index (χ3v) is 3.88. The molecule has 3 aromatic carbocycles. The lowest BCUT2D eigenvalue weighted by atomic mass is 9.96. The predicted octanol–water partition coefficient (Wildman–Crippen LogP) is 4.08. The van der Waals surface area contributed by atoms with Gasteiger partial charge < -0.3 is 5.11 Å². The molecular weight excluding hydrogens is 276 g/mol. The van der Waals surface area contributed by atoms with Gasteiger partial charge in [-0.2, -0.15) is 5.10 Å². The summed E-state index contributed by atoms with van der Waals surface area (Å²) in [5, 5.41) is 19.2. The molecule has 1 aromatic heterocycles. The normalized spacial score (nSPS) is 11.1. The number of hydrogen-bond donors (Lipinski definition) is 2. The Kier molecular flexibility index (Phi) is 2.69. The van der Waals surface area contributed by atoms with Gasteiger partial charge in [0, 0.05) is 10.8 Å². The lowest BCUT2D eigenvalue weighted by Gasteiger charge is -2.08. The zero-order valence-electron chi connectivity index (χ0n) is 11.6. The van der Waals surface area contributed by atoms with Crippen LogP contribution in [0, 0.1) is 0 Å². The molecule has 106 valence electrons. The highest BCUT2D eigenvalue weighted by Gasteiger charge is 2.12. The average molecular weight is 288 g/mol. The van der Waals surface area contributed by atoms with Crippen molar-refractivity contribution in [3.05, 3.63) is 66.4 Å². The quantitative estimate of drug-likeness (QED) is 0.584. The first-order chi connectivity index (χ1) is 10.7. The molecule has 22 heavy (non-hydrogen) atoms. The smallest absolute Gasteiger partial charge is 0.335 e. The van der Waals surface area contributed by atoms with E-state index in [4.69, 9.17) is 0 Å².